The number of rotatable bonds is 7. The zero-order valence-corrected chi connectivity index (χ0v) is 30.4. The van der Waals surface area contributed by atoms with Gasteiger partial charge in [0.15, 0.2) is 12.4 Å². The molecule has 9 heteroatoms. The number of morpholine rings is 1. The van der Waals surface area contributed by atoms with Crippen molar-refractivity contribution in [3.05, 3.63) is 0 Å². The number of aliphatic hydroxyl groups is 2. The maximum Gasteiger partial charge on any atom is 0.303 e. The molecule has 268 valence electrons. The average molecular weight is 661 g/mol. The molecular weight excluding hydrogens is 596 g/mol. The van der Waals surface area contributed by atoms with Gasteiger partial charge in [-0.05, 0) is 124 Å². The predicted octanol–water partition coefficient (Wildman–Crippen LogP) is 4.65. The maximum absolute atomic E-state index is 12.4. The first-order valence-corrected chi connectivity index (χ1v) is 19.0. The second-order valence-corrected chi connectivity index (χ2v) is 18.6. The Morgan fingerprint density at radius 2 is 1.81 bits per heavy atom. The fourth-order valence-corrected chi connectivity index (χ4v) is 13.7. The highest BCUT2D eigenvalue weighted by Gasteiger charge is 2.85. The van der Waals surface area contributed by atoms with Crippen LogP contribution in [-0.4, -0.2) is 95.3 Å². The maximum atomic E-state index is 12.4. The van der Waals surface area contributed by atoms with Gasteiger partial charge in [-0.15, -0.1) is 0 Å². The summed E-state index contributed by atoms with van der Waals surface area (Å²) in [6.07, 6.45) is 6.92. The van der Waals surface area contributed by atoms with Gasteiger partial charge in [-0.1, -0.05) is 34.6 Å². The third kappa shape index (κ3) is 4.82. The van der Waals surface area contributed by atoms with Gasteiger partial charge in [0, 0.05) is 20.0 Å². The Bertz CT molecular complexity index is 1220. The zero-order valence-electron chi connectivity index (χ0n) is 30.4. The molecule has 14 atom stereocenters. The van der Waals surface area contributed by atoms with Gasteiger partial charge in [-0.2, -0.15) is 0 Å². The lowest BCUT2D eigenvalue weighted by atomic mass is 9.43. The summed E-state index contributed by atoms with van der Waals surface area (Å²) >= 11 is 0. The van der Waals surface area contributed by atoms with E-state index in [1.807, 2.05) is 0 Å². The van der Waals surface area contributed by atoms with E-state index < -0.39 is 41.5 Å². The first kappa shape index (κ1) is 34.6. The highest BCUT2D eigenvalue weighted by Crippen LogP contribution is 2.87. The lowest BCUT2D eigenvalue weighted by Crippen LogP contribution is -2.70. The first-order chi connectivity index (χ1) is 22.0. The van der Waals surface area contributed by atoms with Crippen LogP contribution in [0.25, 0.3) is 0 Å². The fraction of sp³-hybridized carbons (Fsp3) is 0.974. The van der Waals surface area contributed by atoms with E-state index in [0.717, 1.165) is 71.2 Å². The van der Waals surface area contributed by atoms with Gasteiger partial charge in [0.2, 0.25) is 0 Å². The second-order valence-electron chi connectivity index (χ2n) is 18.6. The van der Waals surface area contributed by atoms with Crippen molar-refractivity contribution in [2.45, 2.75) is 161 Å². The summed E-state index contributed by atoms with van der Waals surface area (Å²) in [7, 11) is 0. The van der Waals surface area contributed by atoms with Crippen LogP contribution >= 0.6 is 0 Å². The van der Waals surface area contributed by atoms with Crippen molar-refractivity contribution < 1.29 is 34.0 Å². The van der Waals surface area contributed by atoms with Crippen molar-refractivity contribution in [1.29, 1.82) is 0 Å². The molecule has 4 N–H and O–H groups in total. The summed E-state index contributed by atoms with van der Waals surface area (Å²) in [5.74, 6) is 0.654. The van der Waals surface area contributed by atoms with Gasteiger partial charge in [-0.3, -0.25) is 9.69 Å². The molecule has 7 aliphatic rings. The number of aliphatic hydroxyl groups excluding tert-OH is 1. The van der Waals surface area contributed by atoms with Crippen molar-refractivity contribution in [3.63, 3.8) is 0 Å². The molecule has 0 aromatic rings. The van der Waals surface area contributed by atoms with Crippen molar-refractivity contribution in [3.8, 4) is 0 Å². The summed E-state index contributed by atoms with van der Waals surface area (Å²) in [6.45, 7) is 20.1. The van der Waals surface area contributed by atoms with E-state index >= 15 is 0 Å². The summed E-state index contributed by atoms with van der Waals surface area (Å²) in [5, 5.41) is 23.4. The van der Waals surface area contributed by atoms with E-state index in [9.17, 15) is 15.0 Å². The molecule has 0 amide bonds. The molecule has 2 saturated heterocycles. The normalized spacial score (nSPS) is 51.1. The molecule has 9 nitrogen and oxygen atoms in total. The van der Waals surface area contributed by atoms with Crippen LogP contribution in [0.5, 0.6) is 0 Å². The standard InChI is InChI=1S/C38H64N2O7/c1-9-16-40-17-18-44-28(20-40)47-27-12-13-36-21-37(36)15-14-35(8)29-22(2)19-24(32(34(6,7)43)45-23(3)41)46-30(29)31(42)38(35,39)26(37)11-10-25(36)33(27,4)5/h22,24-32,42-43H,9-21,39H2,1-8H3/t22-,24?,25+,26?,27?,28?,29+,30-,31+,32?,35?,36?,37?,38+/m1/s1. The van der Waals surface area contributed by atoms with Gasteiger partial charge in [0.05, 0.1) is 42.2 Å². The zero-order chi connectivity index (χ0) is 33.9. The Morgan fingerprint density at radius 3 is 2.49 bits per heavy atom. The molecule has 7 fully saturated rings. The van der Waals surface area contributed by atoms with E-state index in [1.54, 1.807) is 13.8 Å². The van der Waals surface area contributed by atoms with E-state index in [0.29, 0.717) is 12.3 Å². The number of nitrogens with two attached hydrogens (primary N) is 1. The number of carbonyl (C=O) groups excluding carboxylic acids is 1. The van der Waals surface area contributed by atoms with E-state index in [-0.39, 0.29) is 51.8 Å². The Hall–Kier alpha value is -0.810. The van der Waals surface area contributed by atoms with Crippen LogP contribution < -0.4 is 5.73 Å². The van der Waals surface area contributed by atoms with Crippen molar-refractivity contribution in [1.82, 2.24) is 4.90 Å². The third-order valence-electron chi connectivity index (χ3n) is 15.6. The quantitative estimate of drug-likeness (QED) is 0.335. The Morgan fingerprint density at radius 1 is 1.11 bits per heavy atom. The van der Waals surface area contributed by atoms with Crippen LogP contribution in [0, 0.1) is 45.3 Å². The molecular formula is C38H64N2O7. The van der Waals surface area contributed by atoms with Crippen molar-refractivity contribution >= 4 is 5.97 Å². The van der Waals surface area contributed by atoms with Gasteiger partial charge < -0.3 is 34.9 Å². The highest BCUT2D eigenvalue weighted by molar-refractivity contribution is 5.66. The largest absolute Gasteiger partial charge is 0.457 e. The monoisotopic (exact) mass is 660 g/mol. The smallest absolute Gasteiger partial charge is 0.303 e. The molecule has 8 unspecified atom stereocenters. The molecule has 0 aromatic carbocycles. The average Bonchev–Trinajstić information content (AvgIpc) is 3.62. The van der Waals surface area contributed by atoms with Crippen molar-refractivity contribution in [2.75, 3.05) is 26.2 Å². The van der Waals surface area contributed by atoms with Crippen LogP contribution in [0.1, 0.15) is 113 Å². The molecule has 0 radical (unpaired) electrons. The Labute approximate surface area is 283 Å². The molecule has 0 bridgehead atoms. The fourth-order valence-electron chi connectivity index (χ4n) is 13.7. The van der Waals surface area contributed by atoms with Gasteiger partial charge in [-0.25, -0.2) is 0 Å². The number of ether oxygens (including phenoxy) is 4. The molecule has 2 aliphatic heterocycles. The minimum absolute atomic E-state index is 0.0293. The molecule has 5 aliphatic carbocycles. The van der Waals surface area contributed by atoms with Crippen LogP contribution in [0.4, 0.5) is 0 Å². The predicted molar refractivity (Wildman–Crippen MR) is 178 cm³/mol. The van der Waals surface area contributed by atoms with Crippen molar-refractivity contribution in [2.24, 2.45) is 51.1 Å². The topological polar surface area (TPSA) is 124 Å². The molecule has 5 saturated carbocycles. The van der Waals surface area contributed by atoms with E-state index in [2.05, 4.69) is 39.5 Å². The number of hydrogen-bond acceptors (Lipinski definition) is 9. The molecule has 2 spiro atoms. The van der Waals surface area contributed by atoms with Gasteiger partial charge >= 0.3 is 5.97 Å². The van der Waals surface area contributed by atoms with Crippen LogP contribution in [0.15, 0.2) is 0 Å². The van der Waals surface area contributed by atoms with E-state index in [1.165, 1.54) is 13.3 Å². The first-order valence-electron chi connectivity index (χ1n) is 19.0. The minimum atomic E-state index is -1.28. The van der Waals surface area contributed by atoms with Gasteiger partial charge in [0.1, 0.15) is 0 Å². The minimum Gasteiger partial charge on any atom is -0.457 e. The number of fused-ring (bicyclic) bond motifs is 4. The lowest BCUT2D eigenvalue weighted by molar-refractivity contribution is -0.246. The lowest BCUT2D eigenvalue weighted by Gasteiger charge is -2.63. The molecule has 0 aromatic heterocycles. The summed E-state index contributed by atoms with van der Waals surface area (Å²) in [4.78, 5) is 14.5. The summed E-state index contributed by atoms with van der Waals surface area (Å²) in [6, 6.07) is 0. The SMILES string of the molecule is CCCN1CCOC(OC2CCC34CC35CCC3(C)[C@@H]6[C@@H](OC(C(OC(C)=O)C(C)(C)O)C[C@H]6C)[C@H](O)[C@@]3(N)C5CC[C@H]4C2(C)C)C1. The Kier molecular flexibility index (Phi) is 8.36. The molecule has 2 heterocycles. The third-order valence-corrected chi connectivity index (χ3v) is 15.6. The highest BCUT2D eigenvalue weighted by atomic mass is 16.7. The molecule has 47 heavy (non-hydrogen) atoms. The summed E-state index contributed by atoms with van der Waals surface area (Å²) in [5.41, 5.74) is 5.90. The number of nitrogens with zero attached hydrogens (tertiary/aromatic N) is 1. The van der Waals surface area contributed by atoms with E-state index in [4.69, 9.17) is 24.7 Å². The van der Waals surface area contributed by atoms with Gasteiger partial charge in [0.25, 0.3) is 0 Å². The number of carbonyl (C=O) groups is 1. The van der Waals surface area contributed by atoms with Crippen LogP contribution in [-0.2, 0) is 23.7 Å². The Balaban J connectivity index is 1.13. The number of hydrogen-bond donors (Lipinski definition) is 3. The van der Waals surface area contributed by atoms with Crippen LogP contribution in [0.3, 0.4) is 0 Å². The second kappa shape index (κ2) is 11.3. The number of esters is 1. The van der Waals surface area contributed by atoms with Crippen LogP contribution in [0.2, 0.25) is 0 Å². The molecule has 7 rings (SSSR count). The summed E-state index contributed by atoms with van der Waals surface area (Å²) < 4.78 is 25.4.